The van der Waals surface area contributed by atoms with Gasteiger partial charge >= 0.3 is 17.8 Å². The Kier molecular flexibility index (Phi) is 4.80. The fourth-order valence-electron chi connectivity index (χ4n) is 3.07. The number of amides is 1. The van der Waals surface area contributed by atoms with Gasteiger partial charge in [0.25, 0.3) is 5.56 Å². The Bertz CT molecular complexity index is 1440. The molecule has 0 aliphatic rings. The molecule has 4 aromatic rings. The summed E-state index contributed by atoms with van der Waals surface area (Å²) in [6.07, 6.45) is -5.05. The molecule has 0 fully saturated rings. The molecular weight excluding hydrogens is 415 g/mol. The highest BCUT2D eigenvalue weighted by Gasteiger charge is 2.38. The van der Waals surface area contributed by atoms with Crippen molar-refractivity contribution in [3.8, 4) is 0 Å². The minimum Gasteiger partial charge on any atom is -0.318 e. The number of nitrogens with zero attached hydrogens (tertiary/aromatic N) is 3. The molecule has 2 heterocycles. The van der Waals surface area contributed by atoms with Crippen LogP contribution in [0.1, 0.15) is 11.1 Å². The van der Waals surface area contributed by atoms with Crippen LogP contribution < -0.4 is 16.6 Å². The highest BCUT2D eigenvalue weighted by molar-refractivity contribution is 5.98. The largest absolute Gasteiger partial charge is 0.471 e. The van der Waals surface area contributed by atoms with Crippen molar-refractivity contribution in [2.45, 2.75) is 19.6 Å². The zero-order valence-electron chi connectivity index (χ0n) is 15.9. The van der Waals surface area contributed by atoms with E-state index in [0.717, 1.165) is 10.1 Å². The molecule has 0 aliphatic heterocycles. The monoisotopic (exact) mass is 429 g/mol. The third-order valence-corrected chi connectivity index (χ3v) is 4.62. The molecule has 2 aromatic carbocycles. The molecule has 0 saturated carbocycles. The van der Waals surface area contributed by atoms with E-state index in [1.165, 1.54) is 19.1 Å². The number of hydrogen-bond acceptors (Lipinski definition) is 5. The van der Waals surface area contributed by atoms with E-state index in [4.69, 9.17) is 0 Å². The first-order valence-corrected chi connectivity index (χ1v) is 9.01. The Morgan fingerprint density at radius 3 is 2.45 bits per heavy atom. The summed E-state index contributed by atoms with van der Waals surface area (Å²) < 4.78 is 38.7. The van der Waals surface area contributed by atoms with Gasteiger partial charge in [-0.2, -0.15) is 13.2 Å². The van der Waals surface area contributed by atoms with Crippen molar-refractivity contribution in [3.63, 3.8) is 0 Å². The van der Waals surface area contributed by atoms with E-state index in [2.05, 4.69) is 15.0 Å². The lowest BCUT2D eigenvalue weighted by Crippen LogP contribution is -2.36. The Morgan fingerprint density at radius 2 is 1.77 bits per heavy atom. The molecule has 0 unspecified atom stereocenters. The van der Waals surface area contributed by atoms with Gasteiger partial charge in [0.2, 0.25) is 0 Å². The number of aryl methyl sites for hydroxylation is 1. The van der Waals surface area contributed by atoms with Crippen LogP contribution in [0.3, 0.4) is 0 Å². The topological polar surface area (TPSA) is 110 Å². The van der Waals surface area contributed by atoms with Crippen LogP contribution in [-0.4, -0.2) is 31.6 Å². The van der Waals surface area contributed by atoms with E-state index in [1.54, 1.807) is 29.6 Å². The van der Waals surface area contributed by atoms with Crippen molar-refractivity contribution in [2.75, 3.05) is 5.32 Å². The average molecular weight is 429 g/mol. The summed E-state index contributed by atoms with van der Waals surface area (Å²) in [6.45, 7) is 1.52. The molecule has 2 N–H and O–H groups in total. The number of H-pyrrole nitrogens is 1. The van der Waals surface area contributed by atoms with Gasteiger partial charge in [-0.3, -0.25) is 19.1 Å². The number of carbonyl (C=O) groups is 1. The van der Waals surface area contributed by atoms with E-state index in [-0.39, 0.29) is 34.4 Å². The maximum Gasteiger partial charge on any atom is 0.471 e. The highest BCUT2D eigenvalue weighted by Crippen LogP contribution is 2.24. The molecule has 0 saturated heterocycles. The number of halogens is 3. The molecule has 1 amide bonds. The minimum atomic E-state index is -5.05. The lowest BCUT2D eigenvalue weighted by atomic mass is 10.1. The van der Waals surface area contributed by atoms with Crippen molar-refractivity contribution in [3.05, 3.63) is 74.4 Å². The molecule has 0 radical (unpaired) electrons. The first-order chi connectivity index (χ1) is 14.6. The fourth-order valence-corrected chi connectivity index (χ4v) is 3.07. The third kappa shape index (κ3) is 3.89. The lowest BCUT2D eigenvalue weighted by Gasteiger charge is -2.12. The van der Waals surface area contributed by atoms with E-state index in [1.807, 2.05) is 6.07 Å². The zero-order chi connectivity index (χ0) is 22.3. The summed E-state index contributed by atoms with van der Waals surface area (Å²) in [7, 11) is 0. The number of hydrogen-bond donors (Lipinski definition) is 2. The highest BCUT2D eigenvalue weighted by atomic mass is 19.4. The quantitative estimate of drug-likeness (QED) is 0.487. The summed E-state index contributed by atoms with van der Waals surface area (Å²) in [6, 6.07) is 11.5. The summed E-state index contributed by atoms with van der Waals surface area (Å²) >= 11 is 0. The molecule has 0 bridgehead atoms. The number of benzene rings is 2. The van der Waals surface area contributed by atoms with Crippen molar-refractivity contribution in [2.24, 2.45) is 0 Å². The van der Waals surface area contributed by atoms with Gasteiger partial charge in [-0.1, -0.05) is 30.3 Å². The molecule has 11 heteroatoms. The Balaban J connectivity index is 1.83. The van der Waals surface area contributed by atoms with Crippen LogP contribution in [0.25, 0.3) is 22.2 Å². The SMILES string of the molecule is Cc1cc2nc3c(=O)n(Cc4ccccc4)c(=O)[nH]c3nc2cc1NC(=O)C(F)(F)F. The van der Waals surface area contributed by atoms with Gasteiger partial charge in [-0.15, -0.1) is 0 Å². The van der Waals surface area contributed by atoms with E-state index in [9.17, 15) is 27.6 Å². The summed E-state index contributed by atoms with van der Waals surface area (Å²) in [5.41, 5.74) is -0.285. The van der Waals surface area contributed by atoms with Crippen LogP contribution in [0.4, 0.5) is 18.9 Å². The van der Waals surface area contributed by atoms with E-state index >= 15 is 0 Å². The van der Waals surface area contributed by atoms with Gasteiger partial charge in [0.15, 0.2) is 11.2 Å². The van der Waals surface area contributed by atoms with Gasteiger partial charge in [-0.25, -0.2) is 14.8 Å². The number of aromatic nitrogens is 4. The number of fused-ring (bicyclic) bond motifs is 2. The molecule has 4 rings (SSSR count). The second-order valence-corrected chi connectivity index (χ2v) is 6.84. The number of nitrogens with one attached hydrogen (secondary N) is 2. The summed E-state index contributed by atoms with van der Waals surface area (Å²) in [5.74, 6) is -2.12. The van der Waals surface area contributed by atoms with Crippen molar-refractivity contribution in [1.29, 1.82) is 0 Å². The number of carbonyl (C=O) groups excluding carboxylic acids is 1. The maximum absolute atomic E-state index is 12.9. The van der Waals surface area contributed by atoms with Crippen LogP contribution in [0.5, 0.6) is 0 Å². The van der Waals surface area contributed by atoms with Crippen molar-refractivity contribution in [1.82, 2.24) is 19.5 Å². The van der Waals surface area contributed by atoms with Crippen molar-refractivity contribution >= 4 is 33.8 Å². The molecule has 0 aliphatic carbocycles. The van der Waals surface area contributed by atoms with Crippen LogP contribution in [0.2, 0.25) is 0 Å². The number of rotatable bonds is 3. The Hall–Kier alpha value is -4.02. The van der Waals surface area contributed by atoms with E-state index in [0.29, 0.717) is 5.56 Å². The molecule has 158 valence electrons. The van der Waals surface area contributed by atoms with Gasteiger partial charge in [-0.05, 0) is 30.2 Å². The van der Waals surface area contributed by atoms with E-state index < -0.39 is 23.3 Å². The Labute approximate surface area is 171 Å². The van der Waals surface area contributed by atoms with Crippen LogP contribution in [0.15, 0.2) is 52.1 Å². The van der Waals surface area contributed by atoms with Crippen LogP contribution in [0, 0.1) is 6.92 Å². The standard InChI is InChI=1S/C20H14F3N5O3/c1-10-7-13-14(8-12(10)26-18(30)20(21,22)23)25-16-15(24-13)17(29)28(19(31)27-16)9-11-5-3-2-4-6-11/h2-8H,9H2,1H3,(H,26,30)(H,25,27,31). The smallest absolute Gasteiger partial charge is 0.318 e. The Morgan fingerprint density at radius 1 is 1.10 bits per heavy atom. The van der Waals surface area contributed by atoms with Gasteiger partial charge in [0.1, 0.15) is 0 Å². The molecule has 2 aromatic heterocycles. The van der Waals surface area contributed by atoms with Crippen molar-refractivity contribution < 1.29 is 18.0 Å². The zero-order valence-corrected chi connectivity index (χ0v) is 15.9. The second kappa shape index (κ2) is 7.35. The summed E-state index contributed by atoms with van der Waals surface area (Å²) in [4.78, 5) is 47.4. The molecule has 0 atom stereocenters. The van der Waals surface area contributed by atoms with Crippen LogP contribution >= 0.6 is 0 Å². The lowest BCUT2D eigenvalue weighted by molar-refractivity contribution is -0.167. The molecule has 0 spiro atoms. The number of anilines is 1. The van der Waals surface area contributed by atoms with Gasteiger partial charge in [0, 0.05) is 5.69 Å². The average Bonchev–Trinajstić information content (AvgIpc) is 2.71. The van der Waals surface area contributed by atoms with Crippen LogP contribution in [-0.2, 0) is 11.3 Å². The van der Waals surface area contributed by atoms with Gasteiger partial charge < -0.3 is 5.32 Å². The first-order valence-electron chi connectivity index (χ1n) is 9.01. The normalized spacial score (nSPS) is 11.7. The fraction of sp³-hybridized carbons (Fsp3) is 0.150. The third-order valence-electron chi connectivity index (χ3n) is 4.62. The number of aromatic amines is 1. The molecule has 31 heavy (non-hydrogen) atoms. The number of alkyl halides is 3. The minimum absolute atomic E-state index is 0.0338. The predicted molar refractivity (Wildman–Crippen MR) is 107 cm³/mol. The predicted octanol–water partition coefficient (Wildman–Crippen LogP) is 2.49. The molecule has 8 nitrogen and oxygen atoms in total. The molecular formula is C20H14F3N5O3. The second-order valence-electron chi connectivity index (χ2n) is 6.84. The first kappa shape index (κ1) is 20.3. The maximum atomic E-state index is 12.9. The summed E-state index contributed by atoms with van der Waals surface area (Å²) in [5, 5.41) is 1.78. The van der Waals surface area contributed by atoms with Gasteiger partial charge in [0.05, 0.1) is 17.6 Å².